The van der Waals surface area contributed by atoms with Crippen LogP contribution in [0.2, 0.25) is 18.6 Å². The van der Waals surface area contributed by atoms with Crippen LogP contribution in [0.15, 0.2) is 115 Å². The zero-order valence-electron chi connectivity index (χ0n) is 37.5. The van der Waals surface area contributed by atoms with E-state index in [0.717, 1.165) is 57.5 Å². The third-order valence-electron chi connectivity index (χ3n) is 15.1. The summed E-state index contributed by atoms with van der Waals surface area (Å²) < 4.78 is 13.0. The monoisotopic (exact) mass is 888 g/mol. The lowest BCUT2D eigenvalue weighted by Gasteiger charge is -2.37. The Morgan fingerprint density at radius 2 is 1.43 bits per heavy atom. The molecular formula is C53H56N4O7Si. The Balaban J connectivity index is 1.10. The number of likely N-dealkylation sites (tertiary alicyclic amines) is 1. The highest BCUT2D eigenvalue weighted by Crippen LogP contribution is 2.61. The molecule has 5 aliphatic heterocycles. The van der Waals surface area contributed by atoms with Crippen LogP contribution in [0.5, 0.6) is 5.75 Å². The van der Waals surface area contributed by atoms with Crippen LogP contribution in [0.4, 0.5) is 28.4 Å². The summed E-state index contributed by atoms with van der Waals surface area (Å²) in [5, 5.41) is 11.4. The third-order valence-corrected chi connectivity index (χ3v) is 19.4. The van der Waals surface area contributed by atoms with E-state index in [-0.39, 0.29) is 54.8 Å². The zero-order chi connectivity index (χ0) is 45.2. The van der Waals surface area contributed by atoms with Crippen LogP contribution in [0, 0.1) is 5.92 Å². The average molecular weight is 889 g/mol. The van der Waals surface area contributed by atoms with Crippen LogP contribution in [-0.4, -0.2) is 74.1 Å². The van der Waals surface area contributed by atoms with E-state index in [1.807, 2.05) is 91.0 Å². The highest BCUT2D eigenvalue weighted by Gasteiger charge is 2.67. The summed E-state index contributed by atoms with van der Waals surface area (Å²) in [6.45, 7) is 7.37. The number of benzene rings is 5. The number of fused-ring (bicyclic) bond motifs is 4. The van der Waals surface area contributed by atoms with Crippen molar-refractivity contribution >= 4 is 65.3 Å². The van der Waals surface area contributed by atoms with Gasteiger partial charge in [-0.2, -0.15) is 0 Å². The molecule has 4 amide bonds. The zero-order valence-corrected chi connectivity index (χ0v) is 38.5. The molecule has 12 heteroatoms. The maximum atomic E-state index is 16.0. The van der Waals surface area contributed by atoms with Crippen molar-refractivity contribution in [3.8, 4) is 5.75 Å². The highest BCUT2D eigenvalue weighted by atomic mass is 28.3. The SMILES string of the molecule is COc1ccc([Si](C)(C)[C@@H]2[C@@H](CC(=O)N3CCC[C@H]3CO)O[C@]3(C(=O)N(Cc4cccc(N5C(=O)CCc6ccccc65)c4)c4ccc(N5C(=O)CCc6ccccc65)cc43)[C@H]2C)cc1. The Morgan fingerprint density at radius 3 is 2.08 bits per heavy atom. The van der Waals surface area contributed by atoms with Crippen LogP contribution >= 0.6 is 0 Å². The summed E-state index contributed by atoms with van der Waals surface area (Å²) in [6.07, 6.45) is 3.09. The number of carbonyl (C=O) groups excluding carboxylic acids is 4. The van der Waals surface area contributed by atoms with Crippen molar-refractivity contribution in [2.45, 2.75) is 94.8 Å². The number of nitrogens with zero attached hydrogens (tertiary/aromatic N) is 4. The van der Waals surface area contributed by atoms with Crippen molar-refractivity contribution in [2.75, 3.05) is 35.0 Å². The van der Waals surface area contributed by atoms with E-state index < -0.39 is 25.7 Å². The van der Waals surface area contributed by atoms with Gasteiger partial charge < -0.3 is 24.4 Å². The maximum Gasteiger partial charge on any atom is 0.264 e. The second-order valence-corrected chi connectivity index (χ2v) is 23.6. The number of carbonyl (C=O) groups is 4. The first-order chi connectivity index (χ1) is 31.4. The molecule has 65 heavy (non-hydrogen) atoms. The van der Waals surface area contributed by atoms with Crippen molar-refractivity contribution in [3.63, 3.8) is 0 Å². The third kappa shape index (κ3) is 7.08. The summed E-state index contributed by atoms with van der Waals surface area (Å²) in [7, 11) is -0.972. The number of para-hydroxylation sites is 2. The molecular weight excluding hydrogens is 833 g/mol. The number of anilines is 5. The van der Waals surface area contributed by atoms with Crippen LogP contribution in [0.25, 0.3) is 0 Å². The lowest BCUT2D eigenvalue weighted by atomic mass is 9.82. The van der Waals surface area contributed by atoms with Gasteiger partial charge in [-0.05, 0) is 103 Å². The van der Waals surface area contributed by atoms with Gasteiger partial charge in [0.1, 0.15) is 5.75 Å². The Kier molecular flexibility index (Phi) is 11.0. The van der Waals surface area contributed by atoms with E-state index in [1.165, 1.54) is 0 Å². The van der Waals surface area contributed by atoms with E-state index in [1.54, 1.807) is 26.7 Å². The summed E-state index contributed by atoms with van der Waals surface area (Å²) in [5.41, 5.74) is 5.75. The van der Waals surface area contributed by atoms with E-state index in [0.29, 0.717) is 49.2 Å². The van der Waals surface area contributed by atoms with Gasteiger partial charge in [-0.3, -0.25) is 29.0 Å². The molecule has 0 saturated carbocycles. The molecule has 10 rings (SSSR count). The van der Waals surface area contributed by atoms with Gasteiger partial charge >= 0.3 is 0 Å². The van der Waals surface area contributed by atoms with Gasteiger partial charge in [0.2, 0.25) is 17.7 Å². The van der Waals surface area contributed by atoms with Crippen LogP contribution in [0.3, 0.4) is 0 Å². The number of ether oxygens (including phenoxy) is 2. The minimum atomic E-state index is -2.62. The fourth-order valence-corrected chi connectivity index (χ4v) is 15.9. The standard InChI is InChI=1S/C53H56N4O7Si/c1-34-51(65(3,4)42-23-21-41(63-2)22-24-42)47(31-50(61)54-28-10-15-40(54)33-58)64-53(34)43-30-39(57-45-17-8-6-13-37(45)19-27-49(57)60)20-25-46(43)55(52(53)62)32-35-11-9-14-38(29-35)56-44-16-7-5-12-36(44)18-26-48(56)59/h5-9,11-14,16-17,20-25,29-30,34,40,47,51,58H,10,15,18-19,26-28,31-33H2,1-4H3/t34-,40-,47+,51-,53+/m0/s1. The van der Waals surface area contributed by atoms with Crippen molar-refractivity contribution in [1.29, 1.82) is 0 Å². The van der Waals surface area contributed by atoms with Gasteiger partial charge in [0.15, 0.2) is 5.60 Å². The summed E-state index contributed by atoms with van der Waals surface area (Å²) in [5.74, 6) is 0.0334. The largest absolute Gasteiger partial charge is 0.497 e. The smallest absolute Gasteiger partial charge is 0.264 e. The summed E-state index contributed by atoms with van der Waals surface area (Å²) in [6, 6.07) is 37.6. The average Bonchev–Trinajstić information content (AvgIpc) is 3.99. The molecule has 2 saturated heterocycles. The number of amides is 4. The number of aliphatic hydroxyl groups is 1. The molecule has 0 unspecified atom stereocenters. The molecule has 5 heterocycles. The fraction of sp³-hybridized carbons (Fsp3) is 0.358. The van der Waals surface area contributed by atoms with Gasteiger partial charge in [0, 0.05) is 42.2 Å². The lowest BCUT2D eigenvalue weighted by Crippen LogP contribution is -2.52. The van der Waals surface area contributed by atoms with E-state index in [2.05, 4.69) is 44.3 Å². The normalized spacial score (nSPS) is 23.9. The second kappa shape index (κ2) is 16.7. The first kappa shape index (κ1) is 42.8. The predicted molar refractivity (Wildman–Crippen MR) is 254 cm³/mol. The van der Waals surface area contributed by atoms with Gasteiger partial charge in [0.25, 0.3) is 5.91 Å². The Labute approximate surface area is 381 Å². The first-order valence-electron chi connectivity index (χ1n) is 23.0. The fourth-order valence-electron chi connectivity index (χ4n) is 11.8. The number of methoxy groups -OCH3 is 1. The molecule has 0 bridgehead atoms. The highest BCUT2D eigenvalue weighted by molar-refractivity contribution is 6.91. The topological polar surface area (TPSA) is 120 Å². The quantitative estimate of drug-likeness (QED) is 0.141. The predicted octanol–water partition coefficient (Wildman–Crippen LogP) is 8.05. The van der Waals surface area contributed by atoms with Gasteiger partial charge in [-0.1, -0.05) is 85.9 Å². The van der Waals surface area contributed by atoms with Gasteiger partial charge in [0.05, 0.1) is 64.0 Å². The number of hydrogen-bond acceptors (Lipinski definition) is 7. The van der Waals surface area contributed by atoms with Crippen LogP contribution in [0.1, 0.15) is 61.3 Å². The molecule has 2 fully saturated rings. The minimum Gasteiger partial charge on any atom is -0.497 e. The van der Waals surface area contributed by atoms with Crippen LogP contribution in [-0.2, 0) is 48.9 Å². The minimum absolute atomic E-state index is 0.0199. The van der Waals surface area contributed by atoms with Crippen LogP contribution < -0.4 is 24.6 Å². The molecule has 0 aliphatic carbocycles. The van der Waals surface area contributed by atoms with Crippen molar-refractivity contribution in [2.24, 2.45) is 5.92 Å². The van der Waals surface area contributed by atoms with E-state index in [9.17, 15) is 19.5 Å². The van der Waals surface area contributed by atoms with E-state index in [4.69, 9.17) is 9.47 Å². The molecule has 11 nitrogen and oxygen atoms in total. The number of rotatable bonds is 10. The molecule has 334 valence electrons. The Morgan fingerprint density at radius 1 is 0.785 bits per heavy atom. The van der Waals surface area contributed by atoms with Gasteiger partial charge in [-0.15, -0.1) is 0 Å². The molecule has 5 aromatic rings. The van der Waals surface area contributed by atoms with E-state index >= 15 is 4.79 Å². The number of aryl methyl sites for hydroxylation is 2. The van der Waals surface area contributed by atoms with Crippen molar-refractivity contribution in [3.05, 3.63) is 138 Å². The van der Waals surface area contributed by atoms with Crippen molar-refractivity contribution < 1.29 is 33.8 Å². The summed E-state index contributed by atoms with van der Waals surface area (Å²) in [4.78, 5) is 65.0. The molecule has 0 radical (unpaired) electrons. The second-order valence-electron chi connectivity index (χ2n) is 18.9. The Bertz CT molecular complexity index is 2700. The molecule has 5 atom stereocenters. The molecule has 1 spiro atoms. The first-order valence-corrected chi connectivity index (χ1v) is 26.1. The maximum absolute atomic E-state index is 16.0. The molecule has 0 aromatic heterocycles. The Hall–Kier alpha value is -6.08. The van der Waals surface area contributed by atoms with Crippen molar-refractivity contribution in [1.82, 2.24) is 4.90 Å². The summed E-state index contributed by atoms with van der Waals surface area (Å²) >= 11 is 0. The number of hydrogen-bond donors (Lipinski definition) is 1. The lowest BCUT2D eigenvalue weighted by molar-refractivity contribution is -0.150. The number of aliphatic hydroxyl groups excluding tert-OH is 1. The molecule has 5 aromatic carbocycles. The van der Waals surface area contributed by atoms with Gasteiger partial charge in [-0.25, -0.2) is 0 Å². The molecule has 5 aliphatic rings. The molecule has 1 N–H and O–H groups in total.